The molecule has 0 saturated carbocycles. The lowest BCUT2D eigenvalue weighted by Gasteiger charge is -2.43. The van der Waals surface area contributed by atoms with Crippen LogP contribution in [0.15, 0.2) is 71.7 Å². The highest BCUT2D eigenvalue weighted by atomic mass is 16.5. The van der Waals surface area contributed by atoms with Gasteiger partial charge in [0.15, 0.2) is 11.5 Å². The maximum atomic E-state index is 13.7. The van der Waals surface area contributed by atoms with Gasteiger partial charge in [0.1, 0.15) is 17.1 Å². The number of carbonyl (C=O) groups is 1. The lowest BCUT2D eigenvalue weighted by Crippen LogP contribution is -2.51. The van der Waals surface area contributed by atoms with Gasteiger partial charge >= 0.3 is 0 Å². The van der Waals surface area contributed by atoms with Crippen LogP contribution in [0.2, 0.25) is 0 Å². The molecule has 1 amide bonds. The lowest BCUT2D eigenvalue weighted by molar-refractivity contribution is -0.133. The summed E-state index contributed by atoms with van der Waals surface area (Å²) in [6, 6.07) is 23.1. The van der Waals surface area contributed by atoms with Crippen molar-refractivity contribution in [2.45, 2.75) is 30.9 Å². The Balaban J connectivity index is 1.62. The Morgan fingerprint density at radius 1 is 1.14 bits per heavy atom. The zero-order chi connectivity index (χ0) is 24.8. The minimum atomic E-state index is -1.19. The molecule has 1 spiro atoms. The van der Waals surface area contributed by atoms with Crippen LogP contribution in [0.3, 0.4) is 0 Å². The number of hydrogen-bond acceptors (Lipinski definition) is 6. The van der Waals surface area contributed by atoms with Crippen molar-refractivity contribution in [3.8, 4) is 28.7 Å². The Hall–Kier alpha value is -4.31. The topological polar surface area (TPSA) is 101 Å². The summed E-state index contributed by atoms with van der Waals surface area (Å²) >= 11 is 0. The van der Waals surface area contributed by atoms with Crippen molar-refractivity contribution in [3.05, 3.63) is 83.4 Å². The smallest absolute Gasteiger partial charge is 0.261 e. The number of carbonyl (C=O) groups excluding carboxylic acids is 1. The van der Waals surface area contributed by atoms with Gasteiger partial charge in [-0.2, -0.15) is 5.26 Å². The fourth-order valence-electron chi connectivity index (χ4n) is 5.13. The van der Waals surface area contributed by atoms with E-state index in [1.165, 1.54) is 4.90 Å². The van der Waals surface area contributed by atoms with Gasteiger partial charge in [0.05, 0.1) is 18.7 Å². The molecule has 2 N–H and O–H groups in total. The van der Waals surface area contributed by atoms with Gasteiger partial charge in [0.2, 0.25) is 0 Å². The maximum absolute atomic E-state index is 13.7. The van der Waals surface area contributed by atoms with E-state index in [4.69, 9.17) is 20.2 Å². The number of aliphatic imine (C=N–C) groups is 1. The highest BCUT2D eigenvalue weighted by Crippen LogP contribution is 2.50. The standard InChI is InChI=1S/C28H26N4O3/c1-27(15-18-6-5-9-22(13-18)34-3)17-28(25(33)32(2)26(30)31-28)23-14-21(10-11-24(23)35-27)20-8-4-7-19(12-20)16-29/h4-14H,15,17H2,1-3H3,(H2,30,31)/t27-,28?/m1/s1. The molecule has 3 aromatic carbocycles. The van der Waals surface area contributed by atoms with Gasteiger partial charge in [-0.15, -0.1) is 0 Å². The van der Waals surface area contributed by atoms with Gasteiger partial charge in [0.25, 0.3) is 5.91 Å². The van der Waals surface area contributed by atoms with Gasteiger partial charge in [-0.1, -0.05) is 30.3 Å². The van der Waals surface area contributed by atoms with Gasteiger partial charge < -0.3 is 15.2 Å². The van der Waals surface area contributed by atoms with Crippen LogP contribution in [0.25, 0.3) is 11.1 Å². The molecule has 0 saturated heterocycles. The number of nitrogens with two attached hydrogens (primary N) is 1. The SMILES string of the molecule is COc1cccc(C[C@]2(C)CC3(N=C(N)N(C)C3=O)c3cc(-c4cccc(C#N)c4)ccc3O2)c1. The monoisotopic (exact) mass is 466 g/mol. The van der Waals surface area contributed by atoms with Crippen LogP contribution >= 0.6 is 0 Å². The van der Waals surface area contributed by atoms with E-state index >= 15 is 0 Å². The van der Waals surface area contributed by atoms with E-state index in [9.17, 15) is 10.1 Å². The third-order valence-electron chi connectivity index (χ3n) is 6.76. The van der Waals surface area contributed by atoms with Crippen LogP contribution in [0, 0.1) is 11.3 Å². The number of hydrogen-bond donors (Lipinski definition) is 1. The number of nitriles is 1. The maximum Gasteiger partial charge on any atom is 0.261 e. The van der Waals surface area contributed by atoms with Crippen molar-refractivity contribution < 1.29 is 14.3 Å². The molecule has 0 aliphatic carbocycles. The van der Waals surface area contributed by atoms with E-state index in [0.29, 0.717) is 29.7 Å². The molecular weight excluding hydrogens is 440 g/mol. The molecule has 0 bridgehead atoms. The van der Waals surface area contributed by atoms with Crippen molar-refractivity contribution in [1.29, 1.82) is 5.26 Å². The summed E-state index contributed by atoms with van der Waals surface area (Å²) in [6.07, 6.45) is 0.888. The molecule has 7 nitrogen and oxygen atoms in total. The molecule has 5 rings (SSSR count). The lowest BCUT2D eigenvalue weighted by atomic mass is 9.74. The van der Waals surface area contributed by atoms with Crippen molar-refractivity contribution in [3.63, 3.8) is 0 Å². The molecule has 2 aliphatic rings. The molecule has 0 aromatic heterocycles. The molecular formula is C28H26N4O3. The number of likely N-dealkylation sites (N-methyl/N-ethyl adjacent to an activating group) is 1. The summed E-state index contributed by atoms with van der Waals surface area (Å²) in [7, 11) is 3.28. The van der Waals surface area contributed by atoms with E-state index in [-0.39, 0.29) is 11.9 Å². The minimum absolute atomic E-state index is 0.181. The summed E-state index contributed by atoms with van der Waals surface area (Å²) in [5, 5.41) is 9.31. The Bertz CT molecular complexity index is 1410. The number of ether oxygens (including phenoxy) is 2. The van der Waals surface area contributed by atoms with Crippen LogP contribution in [0.5, 0.6) is 11.5 Å². The van der Waals surface area contributed by atoms with Crippen molar-refractivity contribution in [2.75, 3.05) is 14.2 Å². The van der Waals surface area contributed by atoms with Crippen molar-refractivity contribution >= 4 is 11.9 Å². The molecule has 3 aromatic rings. The number of rotatable bonds is 4. The van der Waals surface area contributed by atoms with Crippen LogP contribution < -0.4 is 15.2 Å². The first-order chi connectivity index (χ1) is 16.8. The van der Waals surface area contributed by atoms with Gasteiger partial charge in [0, 0.05) is 25.5 Å². The van der Waals surface area contributed by atoms with Crippen molar-refractivity contribution in [1.82, 2.24) is 4.90 Å². The number of nitrogens with zero attached hydrogens (tertiary/aromatic N) is 3. The number of benzene rings is 3. The molecule has 0 radical (unpaired) electrons. The number of guanidine groups is 1. The van der Waals surface area contributed by atoms with Crippen LogP contribution in [0.1, 0.15) is 30.0 Å². The second-order valence-corrected chi connectivity index (χ2v) is 9.36. The summed E-state index contributed by atoms with van der Waals surface area (Å²) in [5.74, 6) is 1.37. The van der Waals surface area contributed by atoms with Crippen LogP contribution in [-0.2, 0) is 16.8 Å². The fraction of sp³-hybridized carbons (Fsp3) is 0.250. The van der Waals surface area contributed by atoms with Crippen LogP contribution in [-0.4, -0.2) is 36.5 Å². The third-order valence-corrected chi connectivity index (χ3v) is 6.76. The average Bonchev–Trinajstić information content (AvgIpc) is 3.07. The molecule has 35 heavy (non-hydrogen) atoms. The summed E-state index contributed by atoms with van der Waals surface area (Å²) in [4.78, 5) is 19.8. The summed E-state index contributed by atoms with van der Waals surface area (Å²) < 4.78 is 11.9. The average molecular weight is 467 g/mol. The largest absolute Gasteiger partial charge is 0.497 e. The minimum Gasteiger partial charge on any atom is -0.497 e. The van der Waals surface area contributed by atoms with E-state index in [1.54, 1.807) is 20.2 Å². The molecule has 2 aliphatic heterocycles. The first-order valence-corrected chi connectivity index (χ1v) is 11.4. The quantitative estimate of drug-likeness (QED) is 0.626. The summed E-state index contributed by atoms with van der Waals surface area (Å²) in [6.45, 7) is 2.00. The summed E-state index contributed by atoms with van der Waals surface area (Å²) in [5.41, 5.74) is 8.28. The van der Waals surface area contributed by atoms with E-state index in [0.717, 1.165) is 22.4 Å². The van der Waals surface area contributed by atoms with Gasteiger partial charge in [-0.05, 0) is 60.0 Å². The zero-order valence-corrected chi connectivity index (χ0v) is 19.9. The van der Waals surface area contributed by atoms with E-state index in [2.05, 4.69) is 6.07 Å². The second-order valence-electron chi connectivity index (χ2n) is 9.36. The Kier molecular flexibility index (Phi) is 5.25. The predicted octanol–water partition coefficient (Wildman–Crippen LogP) is 4.00. The highest BCUT2D eigenvalue weighted by Gasteiger charge is 2.56. The normalized spacial score (nSPS) is 22.9. The van der Waals surface area contributed by atoms with Crippen molar-refractivity contribution in [2.24, 2.45) is 10.7 Å². The van der Waals surface area contributed by atoms with Gasteiger partial charge in [-0.25, -0.2) is 4.99 Å². The molecule has 2 heterocycles. The first kappa shape index (κ1) is 22.5. The van der Waals surface area contributed by atoms with E-state index in [1.807, 2.05) is 67.6 Å². The highest BCUT2D eigenvalue weighted by molar-refractivity contribution is 6.07. The Morgan fingerprint density at radius 2 is 1.91 bits per heavy atom. The Labute approximate surface area is 204 Å². The Morgan fingerprint density at radius 3 is 2.63 bits per heavy atom. The van der Waals surface area contributed by atoms with E-state index < -0.39 is 11.1 Å². The zero-order valence-electron chi connectivity index (χ0n) is 19.9. The molecule has 1 unspecified atom stereocenters. The number of methoxy groups -OCH3 is 1. The number of amides is 1. The van der Waals surface area contributed by atoms with Crippen LogP contribution in [0.4, 0.5) is 0 Å². The second kappa shape index (κ2) is 8.17. The number of fused-ring (bicyclic) bond motifs is 2. The first-order valence-electron chi connectivity index (χ1n) is 11.4. The molecule has 0 fully saturated rings. The molecule has 7 heteroatoms. The van der Waals surface area contributed by atoms with Gasteiger partial charge in [-0.3, -0.25) is 9.69 Å². The third kappa shape index (κ3) is 3.77. The molecule has 2 atom stereocenters. The fourth-order valence-corrected chi connectivity index (χ4v) is 5.13. The predicted molar refractivity (Wildman–Crippen MR) is 133 cm³/mol. The molecule has 176 valence electrons.